The monoisotopic (exact) mass is 251 g/mol. The predicted molar refractivity (Wildman–Crippen MR) is 66.0 cm³/mol. The van der Waals surface area contributed by atoms with Crippen LogP contribution < -0.4 is 14.8 Å². The molecule has 1 heterocycles. The van der Waals surface area contributed by atoms with Crippen LogP contribution in [-0.4, -0.2) is 33.0 Å². The van der Waals surface area contributed by atoms with Crippen LogP contribution in [0.2, 0.25) is 0 Å². The number of nitrogens with one attached hydrogen (secondary N) is 1. The first-order valence-electron chi connectivity index (χ1n) is 5.98. The molecule has 98 valence electrons. The van der Waals surface area contributed by atoms with Gasteiger partial charge in [0.1, 0.15) is 0 Å². The predicted octanol–water partition coefficient (Wildman–Crippen LogP) is 1.57. The maximum Gasteiger partial charge on any atom is 0.251 e. The Morgan fingerprint density at radius 1 is 1.33 bits per heavy atom. The highest BCUT2D eigenvalue weighted by Crippen LogP contribution is 2.32. The number of benzene rings is 1. The third-order valence-electron chi connectivity index (χ3n) is 2.70. The molecule has 5 heteroatoms. The topological polar surface area (TPSA) is 56.8 Å². The smallest absolute Gasteiger partial charge is 0.251 e. The van der Waals surface area contributed by atoms with Gasteiger partial charge in [0.2, 0.25) is 6.79 Å². The van der Waals surface area contributed by atoms with Crippen LogP contribution in [0.4, 0.5) is 0 Å². The molecule has 0 fully saturated rings. The summed E-state index contributed by atoms with van der Waals surface area (Å²) in [4.78, 5) is 11.8. The Kier molecular flexibility index (Phi) is 4.41. The Hall–Kier alpha value is -1.75. The van der Waals surface area contributed by atoms with Gasteiger partial charge in [-0.3, -0.25) is 4.79 Å². The SMILES string of the molecule is COCCCCNC(=O)c1ccc2c(c1)OCO2. The van der Waals surface area contributed by atoms with E-state index in [0.29, 0.717) is 23.6 Å². The quantitative estimate of drug-likeness (QED) is 0.780. The van der Waals surface area contributed by atoms with E-state index in [1.54, 1.807) is 25.3 Å². The third-order valence-corrected chi connectivity index (χ3v) is 2.70. The van der Waals surface area contributed by atoms with Gasteiger partial charge in [-0.25, -0.2) is 0 Å². The van der Waals surface area contributed by atoms with Gasteiger partial charge in [-0.1, -0.05) is 0 Å². The van der Waals surface area contributed by atoms with Crippen molar-refractivity contribution in [1.29, 1.82) is 0 Å². The zero-order valence-corrected chi connectivity index (χ0v) is 10.4. The molecule has 2 rings (SSSR count). The Balaban J connectivity index is 1.82. The summed E-state index contributed by atoms with van der Waals surface area (Å²) in [5, 5.41) is 2.86. The lowest BCUT2D eigenvalue weighted by atomic mass is 10.2. The van der Waals surface area contributed by atoms with Crippen molar-refractivity contribution in [2.45, 2.75) is 12.8 Å². The molecule has 1 aromatic carbocycles. The lowest BCUT2D eigenvalue weighted by Crippen LogP contribution is -2.24. The summed E-state index contributed by atoms with van der Waals surface area (Å²) in [6, 6.07) is 5.19. The molecule has 1 aromatic rings. The Bertz CT molecular complexity index is 419. The Morgan fingerprint density at radius 2 is 2.17 bits per heavy atom. The summed E-state index contributed by atoms with van der Waals surface area (Å²) in [5.74, 6) is 1.22. The molecule has 0 atom stereocenters. The molecule has 0 bridgehead atoms. The summed E-state index contributed by atoms with van der Waals surface area (Å²) in [6.07, 6.45) is 1.85. The molecular formula is C13H17NO4. The van der Waals surface area contributed by atoms with Gasteiger partial charge < -0.3 is 19.5 Å². The van der Waals surface area contributed by atoms with E-state index in [1.165, 1.54) is 0 Å². The standard InChI is InChI=1S/C13H17NO4/c1-16-7-3-2-6-14-13(15)10-4-5-11-12(8-10)18-9-17-11/h4-5,8H,2-3,6-7,9H2,1H3,(H,14,15). The summed E-state index contributed by atoms with van der Waals surface area (Å²) in [5.41, 5.74) is 0.589. The first kappa shape index (κ1) is 12.7. The van der Waals surface area contributed by atoms with Crippen molar-refractivity contribution in [1.82, 2.24) is 5.32 Å². The molecule has 0 saturated heterocycles. The molecule has 1 N–H and O–H groups in total. The number of methoxy groups -OCH3 is 1. The maximum atomic E-state index is 11.8. The number of hydrogen-bond donors (Lipinski definition) is 1. The second-order valence-electron chi connectivity index (χ2n) is 4.02. The van der Waals surface area contributed by atoms with Crippen molar-refractivity contribution in [3.8, 4) is 11.5 Å². The van der Waals surface area contributed by atoms with E-state index in [0.717, 1.165) is 19.4 Å². The zero-order valence-electron chi connectivity index (χ0n) is 10.4. The van der Waals surface area contributed by atoms with Gasteiger partial charge in [0.25, 0.3) is 5.91 Å². The van der Waals surface area contributed by atoms with Crippen LogP contribution in [0.3, 0.4) is 0 Å². The minimum absolute atomic E-state index is 0.0919. The highest BCUT2D eigenvalue weighted by molar-refractivity contribution is 5.94. The molecule has 1 aliphatic rings. The first-order chi connectivity index (χ1) is 8.81. The van der Waals surface area contributed by atoms with Gasteiger partial charge in [0.15, 0.2) is 11.5 Å². The Morgan fingerprint density at radius 3 is 3.00 bits per heavy atom. The lowest BCUT2D eigenvalue weighted by Gasteiger charge is -2.05. The highest BCUT2D eigenvalue weighted by Gasteiger charge is 2.15. The van der Waals surface area contributed by atoms with Crippen LogP contribution in [-0.2, 0) is 4.74 Å². The molecule has 18 heavy (non-hydrogen) atoms. The van der Waals surface area contributed by atoms with E-state index in [9.17, 15) is 4.79 Å². The number of carbonyl (C=O) groups is 1. The number of hydrogen-bond acceptors (Lipinski definition) is 4. The third kappa shape index (κ3) is 3.13. The minimum Gasteiger partial charge on any atom is -0.454 e. The van der Waals surface area contributed by atoms with Crippen LogP contribution >= 0.6 is 0 Å². The van der Waals surface area contributed by atoms with Gasteiger partial charge in [-0.2, -0.15) is 0 Å². The fraction of sp³-hybridized carbons (Fsp3) is 0.462. The largest absolute Gasteiger partial charge is 0.454 e. The van der Waals surface area contributed by atoms with E-state index < -0.39 is 0 Å². The van der Waals surface area contributed by atoms with Crippen LogP contribution in [0.1, 0.15) is 23.2 Å². The van der Waals surface area contributed by atoms with Crippen molar-refractivity contribution >= 4 is 5.91 Å². The molecular weight excluding hydrogens is 234 g/mol. The van der Waals surface area contributed by atoms with Gasteiger partial charge in [0.05, 0.1) is 0 Å². The fourth-order valence-corrected chi connectivity index (χ4v) is 1.71. The van der Waals surface area contributed by atoms with Crippen LogP contribution in [0.25, 0.3) is 0 Å². The van der Waals surface area contributed by atoms with E-state index in [2.05, 4.69) is 5.32 Å². The van der Waals surface area contributed by atoms with Gasteiger partial charge in [-0.15, -0.1) is 0 Å². The molecule has 0 radical (unpaired) electrons. The summed E-state index contributed by atoms with van der Waals surface area (Å²) >= 11 is 0. The molecule has 5 nitrogen and oxygen atoms in total. The second-order valence-corrected chi connectivity index (χ2v) is 4.02. The van der Waals surface area contributed by atoms with Crippen molar-refractivity contribution in [3.63, 3.8) is 0 Å². The molecule has 0 aromatic heterocycles. The highest BCUT2D eigenvalue weighted by atomic mass is 16.7. The summed E-state index contributed by atoms with van der Waals surface area (Å²) in [6.45, 7) is 1.59. The number of unbranched alkanes of at least 4 members (excludes halogenated alkanes) is 1. The Labute approximate surface area is 106 Å². The van der Waals surface area contributed by atoms with Crippen molar-refractivity contribution in [2.75, 3.05) is 27.1 Å². The van der Waals surface area contributed by atoms with Gasteiger partial charge in [-0.05, 0) is 31.0 Å². The van der Waals surface area contributed by atoms with Crippen LogP contribution in [0, 0.1) is 0 Å². The number of carbonyl (C=O) groups excluding carboxylic acids is 1. The fourth-order valence-electron chi connectivity index (χ4n) is 1.71. The lowest BCUT2D eigenvalue weighted by molar-refractivity contribution is 0.0951. The summed E-state index contributed by atoms with van der Waals surface area (Å²) < 4.78 is 15.4. The number of rotatable bonds is 6. The second kappa shape index (κ2) is 6.26. The average molecular weight is 251 g/mol. The van der Waals surface area contributed by atoms with E-state index >= 15 is 0 Å². The van der Waals surface area contributed by atoms with E-state index in [4.69, 9.17) is 14.2 Å². The van der Waals surface area contributed by atoms with E-state index in [1.807, 2.05) is 0 Å². The van der Waals surface area contributed by atoms with Crippen LogP contribution in [0.15, 0.2) is 18.2 Å². The van der Waals surface area contributed by atoms with Gasteiger partial charge >= 0.3 is 0 Å². The molecule has 1 amide bonds. The van der Waals surface area contributed by atoms with Crippen LogP contribution in [0.5, 0.6) is 11.5 Å². The first-order valence-corrected chi connectivity index (χ1v) is 5.98. The average Bonchev–Trinajstić information content (AvgIpc) is 2.85. The zero-order chi connectivity index (χ0) is 12.8. The molecule has 0 spiro atoms. The molecule has 1 aliphatic heterocycles. The van der Waals surface area contributed by atoms with Gasteiger partial charge in [0, 0.05) is 25.8 Å². The normalized spacial score (nSPS) is 12.5. The van der Waals surface area contributed by atoms with Crippen molar-refractivity contribution in [2.24, 2.45) is 0 Å². The number of amides is 1. The van der Waals surface area contributed by atoms with Crippen molar-refractivity contribution < 1.29 is 19.0 Å². The molecule has 0 aliphatic carbocycles. The van der Waals surface area contributed by atoms with Crippen molar-refractivity contribution in [3.05, 3.63) is 23.8 Å². The van der Waals surface area contributed by atoms with E-state index in [-0.39, 0.29) is 12.7 Å². The molecule has 0 saturated carbocycles. The maximum absolute atomic E-state index is 11.8. The number of fused-ring (bicyclic) bond motifs is 1. The molecule has 0 unspecified atom stereocenters. The number of ether oxygens (including phenoxy) is 3. The summed E-state index contributed by atoms with van der Waals surface area (Å²) in [7, 11) is 1.67. The minimum atomic E-state index is -0.0919.